The molecule has 0 heterocycles. The highest BCUT2D eigenvalue weighted by molar-refractivity contribution is 6.08. The van der Waals surface area contributed by atoms with Crippen LogP contribution in [0, 0.1) is 5.41 Å². The Kier molecular flexibility index (Phi) is 14.6. The second-order valence-electron chi connectivity index (χ2n) is 9.27. The van der Waals surface area contributed by atoms with Gasteiger partial charge in [-0.25, -0.2) is 0 Å². The van der Waals surface area contributed by atoms with Crippen LogP contribution >= 0.6 is 0 Å². The van der Waals surface area contributed by atoms with Crippen LogP contribution in [0.15, 0.2) is 71.7 Å². The molecule has 5 heteroatoms. The number of carbonyl (C=O) groups excluding carboxylic acids is 1. The lowest BCUT2D eigenvalue weighted by molar-refractivity contribution is -0.112. The minimum absolute atomic E-state index is 0.277. The molecule has 1 fully saturated rings. The van der Waals surface area contributed by atoms with Crippen LogP contribution in [0.25, 0.3) is 0 Å². The number of amides is 1. The molecule has 0 atom stereocenters. The first-order valence-electron chi connectivity index (χ1n) is 11.9. The number of allylic oxidation sites excluding steroid dienone is 4. The minimum Gasteiger partial charge on any atom is -0.497 e. The van der Waals surface area contributed by atoms with Crippen LogP contribution in [0.1, 0.15) is 73.3 Å². The normalized spacial score (nSPS) is 14.6. The third kappa shape index (κ3) is 12.4. The molecule has 1 aliphatic carbocycles. The number of carbonyl (C=O) groups is 1. The van der Waals surface area contributed by atoms with Crippen LogP contribution < -0.4 is 11.1 Å². The Morgan fingerprint density at radius 3 is 2.00 bits per heavy atom. The standard InChI is InChI=1S/C21H30N2O3.C5H10.C3H6/c1-7-12-26-16(5)20(19(14(2)3)15(4)22)21(24)23-18-10-8-17(9-11-18)13-25-6;1-5(2)3-4-5;1-3-2/h8-11H,2,7,12-13,22H2,1,3-6H3,(H,23,24);3-4H2,1-2H3;3H,1H2,2H3/b19-15-,20-16-;;. The number of ether oxygens (including phenoxy) is 2. The number of methoxy groups -OCH3 is 1. The summed E-state index contributed by atoms with van der Waals surface area (Å²) in [7, 11) is 1.65. The van der Waals surface area contributed by atoms with E-state index in [1.165, 1.54) is 12.8 Å². The predicted molar refractivity (Wildman–Crippen MR) is 145 cm³/mol. The summed E-state index contributed by atoms with van der Waals surface area (Å²) in [4.78, 5) is 13.0. The molecule has 5 nitrogen and oxygen atoms in total. The van der Waals surface area contributed by atoms with Gasteiger partial charge in [-0.15, -0.1) is 6.58 Å². The second kappa shape index (κ2) is 15.9. The third-order valence-corrected chi connectivity index (χ3v) is 4.95. The van der Waals surface area contributed by atoms with Crippen LogP contribution in [0.2, 0.25) is 0 Å². The highest BCUT2D eigenvalue weighted by Crippen LogP contribution is 2.43. The van der Waals surface area contributed by atoms with Crippen molar-refractivity contribution in [3.8, 4) is 0 Å². The Labute approximate surface area is 207 Å². The fraction of sp³-hybridized carbons (Fsp3) is 0.483. The van der Waals surface area contributed by atoms with E-state index in [4.69, 9.17) is 15.2 Å². The molecule has 1 aromatic carbocycles. The van der Waals surface area contributed by atoms with E-state index in [-0.39, 0.29) is 5.91 Å². The monoisotopic (exact) mass is 470 g/mol. The van der Waals surface area contributed by atoms with E-state index in [2.05, 4.69) is 32.3 Å². The van der Waals surface area contributed by atoms with Gasteiger partial charge in [0.15, 0.2) is 0 Å². The summed E-state index contributed by atoms with van der Waals surface area (Å²) in [6, 6.07) is 7.50. The Hall–Kier alpha value is -2.79. The van der Waals surface area contributed by atoms with Crippen molar-refractivity contribution in [3.05, 3.63) is 77.2 Å². The molecule has 0 aromatic heterocycles. The number of hydrogen-bond acceptors (Lipinski definition) is 4. The molecule has 0 saturated heterocycles. The summed E-state index contributed by atoms with van der Waals surface area (Å²) in [5.41, 5.74) is 10.8. The third-order valence-electron chi connectivity index (χ3n) is 4.95. The maximum atomic E-state index is 13.0. The largest absolute Gasteiger partial charge is 0.497 e. The van der Waals surface area contributed by atoms with Gasteiger partial charge in [0.25, 0.3) is 5.91 Å². The average Bonchev–Trinajstić information content (AvgIpc) is 3.46. The summed E-state index contributed by atoms with van der Waals surface area (Å²) in [5.74, 6) is 0.254. The number of anilines is 1. The topological polar surface area (TPSA) is 73.6 Å². The van der Waals surface area contributed by atoms with E-state index in [1.54, 1.807) is 27.0 Å². The van der Waals surface area contributed by atoms with Gasteiger partial charge >= 0.3 is 0 Å². The van der Waals surface area contributed by atoms with E-state index >= 15 is 0 Å². The number of nitrogens with two attached hydrogens (primary N) is 1. The highest BCUT2D eigenvalue weighted by Gasteiger charge is 2.30. The first-order valence-corrected chi connectivity index (χ1v) is 11.9. The number of nitrogens with one attached hydrogen (secondary N) is 1. The molecule has 3 N–H and O–H groups in total. The van der Waals surface area contributed by atoms with Crippen molar-refractivity contribution < 1.29 is 14.3 Å². The van der Waals surface area contributed by atoms with E-state index < -0.39 is 0 Å². The molecule has 190 valence electrons. The van der Waals surface area contributed by atoms with Crippen molar-refractivity contribution >= 4 is 11.6 Å². The van der Waals surface area contributed by atoms with Crippen molar-refractivity contribution in [2.24, 2.45) is 11.1 Å². The molecular weight excluding hydrogens is 424 g/mol. The maximum absolute atomic E-state index is 13.0. The Balaban J connectivity index is 0.00000115. The van der Waals surface area contributed by atoms with E-state index in [9.17, 15) is 4.79 Å². The van der Waals surface area contributed by atoms with Crippen LogP contribution in [-0.2, 0) is 20.9 Å². The molecule has 0 bridgehead atoms. The van der Waals surface area contributed by atoms with E-state index in [0.717, 1.165) is 17.4 Å². The summed E-state index contributed by atoms with van der Waals surface area (Å²) >= 11 is 0. The second-order valence-corrected chi connectivity index (χ2v) is 9.27. The quantitative estimate of drug-likeness (QED) is 0.172. The van der Waals surface area contributed by atoms with Crippen molar-refractivity contribution in [1.29, 1.82) is 0 Å². The molecule has 2 rings (SSSR count). The van der Waals surface area contributed by atoms with E-state index in [1.807, 2.05) is 45.0 Å². The number of benzene rings is 1. The van der Waals surface area contributed by atoms with Gasteiger partial charge in [-0.1, -0.05) is 45.6 Å². The SMILES string of the molecule is C=C(C)C(=C(\C)N)/C(C(=O)Nc1ccc(COC)cc1)=C(\C)OCCC.C=CC.CC1(C)CC1. The highest BCUT2D eigenvalue weighted by atomic mass is 16.5. The Bertz CT molecular complexity index is 852. The molecule has 1 amide bonds. The molecular formula is C29H46N2O3. The molecule has 0 aliphatic heterocycles. The van der Waals surface area contributed by atoms with Crippen molar-refractivity contribution in [2.75, 3.05) is 19.0 Å². The summed E-state index contributed by atoms with van der Waals surface area (Å²) in [6.07, 6.45) is 5.50. The average molecular weight is 471 g/mol. The minimum atomic E-state index is -0.277. The smallest absolute Gasteiger partial charge is 0.259 e. The van der Waals surface area contributed by atoms with Crippen LogP contribution in [0.3, 0.4) is 0 Å². The summed E-state index contributed by atoms with van der Waals surface area (Å²) in [6.45, 7) is 22.2. The van der Waals surface area contributed by atoms with Gasteiger partial charge in [-0.2, -0.15) is 0 Å². The molecule has 0 spiro atoms. The molecule has 0 unspecified atom stereocenters. The molecule has 0 radical (unpaired) electrons. The molecule has 34 heavy (non-hydrogen) atoms. The molecule has 1 aliphatic rings. The molecule has 1 saturated carbocycles. The lowest BCUT2D eigenvalue weighted by Gasteiger charge is -2.18. The van der Waals surface area contributed by atoms with Crippen LogP contribution in [0.5, 0.6) is 0 Å². The van der Waals surface area contributed by atoms with Crippen molar-refractivity contribution in [2.45, 2.75) is 74.3 Å². The van der Waals surface area contributed by atoms with Gasteiger partial charge in [-0.05, 0) is 75.6 Å². The van der Waals surface area contributed by atoms with Crippen LogP contribution in [-0.4, -0.2) is 19.6 Å². The fourth-order valence-corrected chi connectivity index (χ4v) is 2.82. The van der Waals surface area contributed by atoms with Crippen molar-refractivity contribution in [3.63, 3.8) is 0 Å². The zero-order chi connectivity index (χ0) is 26.3. The van der Waals surface area contributed by atoms with Gasteiger partial charge in [0.2, 0.25) is 0 Å². The maximum Gasteiger partial charge on any atom is 0.259 e. The number of hydrogen-bond donors (Lipinski definition) is 2. The number of rotatable bonds is 9. The van der Waals surface area contributed by atoms with Crippen molar-refractivity contribution in [1.82, 2.24) is 0 Å². The van der Waals surface area contributed by atoms with Gasteiger partial charge in [-0.3, -0.25) is 4.79 Å². The first-order chi connectivity index (χ1) is 15.9. The summed E-state index contributed by atoms with van der Waals surface area (Å²) in [5, 5.41) is 2.91. The summed E-state index contributed by atoms with van der Waals surface area (Å²) < 4.78 is 10.8. The van der Waals surface area contributed by atoms with E-state index in [0.29, 0.717) is 47.1 Å². The van der Waals surface area contributed by atoms with Crippen LogP contribution in [0.4, 0.5) is 5.69 Å². The van der Waals surface area contributed by atoms with Gasteiger partial charge in [0, 0.05) is 24.1 Å². The Morgan fingerprint density at radius 1 is 1.15 bits per heavy atom. The zero-order valence-electron chi connectivity index (χ0n) is 22.6. The predicted octanol–water partition coefficient (Wildman–Crippen LogP) is 7.28. The Morgan fingerprint density at radius 2 is 1.65 bits per heavy atom. The lowest BCUT2D eigenvalue weighted by Crippen LogP contribution is -2.20. The zero-order valence-corrected chi connectivity index (χ0v) is 22.6. The molecule has 1 aromatic rings. The first kappa shape index (κ1) is 31.2. The fourth-order valence-electron chi connectivity index (χ4n) is 2.82. The lowest BCUT2D eigenvalue weighted by atomic mass is 9.96. The van der Waals surface area contributed by atoms with Gasteiger partial charge in [0.05, 0.1) is 18.8 Å². The van der Waals surface area contributed by atoms with Gasteiger partial charge < -0.3 is 20.5 Å². The van der Waals surface area contributed by atoms with Gasteiger partial charge in [0.1, 0.15) is 5.76 Å².